The highest BCUT2D eigenvalue weighted by Crippen LogP contribution is 2.26. The molecule has 3 nitrogen and oxygen atoms in total. The van der Waals surface area contributed by atoms with Gasteiger partial charge in [0.25, 0.3) is 0 Å². The van der Waals surface area contributed by atoms with E-state index in [0.29, 0.717) is 5.92 Å². The molecule has 1 aromatic carbocycles. The third kappa shape index (κ3) is 3.35. The SMILES string of the molecule is CC(C)[C@H](c1ccccc1)N(C)CC(=O)O. The first kappa shape index (κ1) is 12.7. The average Bonchev–Trinajstić information content (AvgIpc) is 2.17. The van der Waals surface area contributed by atoms with Gasteiger partial charge in [0.1, 0.15) is 0 Å². The number of carbonyl (C=O) groups is 1. The minimum Gasteiger partial charge on any atom is -0.480 e. The molecule has 88 valence electrons. The Labute approximate surface area is 96.7 Å². The lowest BCUT2D eigenvalue weighted by molar-refractivity contribution is -0.138. The summed E-state index contributed by atoms with van der Waals surface area (Å²) in [6, 6.07) is 10.2. The number of rotatable bonds is 5. The fraction of sp³-hybridized carbons (Fsp3) is 0.462. The van der Waals surface area contributed by atoms with Crippen LogP contribution in [-0.2, 0) is 4.79 Å². The molecule has 3 heteroatoms. The fourth-order valence-corrected chi connectivity index (χ4v) is 2.11. The molecule has 0 fully saturated rings. The fourth-order valence-electron chi connectivity index (χ4n) is 2.11. The number of nitrogens with zero attached hydrogens (tertiary/aromatic N) is 1. The first-order chi connectivity index (χ1) is 7.52. The Morgan fingerprint density at radius 2 is 1.88 bits per heavy atom. The number of aliphatic carboxylic acids is 1. The van der Waals surface area contributed by atoms with Crippen LogP contribution >= 0.6 is 0 Å². The van der Waals surface area contributed by atoms with E-state index in [1.807, 2.05) is 42.3 Å². The van der Waals surface area contributed by atoms with E-state index in [4.69, 9.17) is 5.11 Å². The van der Waals surface area contributed by atoms with Gasteiger partial charge in [-0.2, -0.15) is 0 Å². The third-order valence-corrected chi connectivity index (χ3v) is 2.63. The lowest BCUT2D eigenvalue weighted by Crippen LogP contribution is -2.32. The van der Waals surface area contributed by atoms with Crippen LogP contribution in [0.3, 0.4) is 0 Å². The first-order valence-electron chi connectivity index (χ1n) is 5.49. The smallest absolute Gasteiger partial charge is 0.317 e. The van der Waals surface area contributed by atoms with E-state index in [9.17, 15) is 4.79 Å². The Balaban J connectivity index is 2.87. The summed E-state index contributed by atoms with van der Waals surface area (Å²) in [7, 11) is 1.85. The van der Waals surface area contributed by atoms with Crippen molar-refractivity contribution < 1.29 is 9.90 Å². The second-order valence-corrected chi connectivity index (χ2v) is 4.41. The number of carboxylic acids is 1. The molecule has 0 spiro atoms. The van der Waals surface area contributed by atoms with E-state index in [1.54, 1.807) is 0 Å². The zero-order valence-corrected chi connectivity index (χ0v) is 10.1. The van der Waals surface area contributed by atoms with Gasteiger partial charge >= 0.3 is 5.97 Å². The first-order valence-corrected chi connectivity index (χ1v) is 5.49. The van der Waals surface area contributed by atoms with Gasteiger partial charge in [-0.1, -0.05) is 44.2 Å². The number of carboxylic acid groups (broad SMARTS) is 1. The van der Waals surface area contributed by atoms with Crippen molar-refractivity contribution in [2.24, 2.45) is 5.92 Å². The van der Waals surface area contributed by atoms with E-state index >= 15 is 0 Å². The summed E-state index contributed by atoms with van der Waals surface area (Å²) in [6.45, 7) is 4.28. The Hall–Kier alpha value is -1.35. The molecule has 0 aliphatic carbocycles. The van der Waals surface area contributed by atoms with Crippen molar-refractivity contribution in [1.82, 2.24) is 4.90 Å². The Bertz CT molecular complexity index is 335. The van der Waals surface area contributed by atoms with Gasteiger partial charge in [-0.25, -0.2) is 0 Å². The van der Waals surface area contributed by atoms with Crippen LogP contribution in [0.25, 0.3) is 0 Å². The van der Waals surface area contributed by atoms with Gasteiger partial charge in [-0.15, -0.1) is 0 Å². The normalized spacial score (nSPS) is 13.1. The molecule has 0 radical (unpaired) electrons. The second kappa shape index (κ2) is 5.66. The lowest BCUT2D eigenvalue weighted by Gasteiger charge is -2.30. The van der Waals surface area contributed by atoms with Crippen LogP contribution in [0.5, 0.6) is 0 Å². The van der Waals surface area contributed by atoms with Crippen LogP contribution < -0.4 is 0 Å². The topological polar surface area (TPSA) is 40.5 Å². The molecule has 0 bridgehead atoms. The molecule has 1 aromatic rings. The molecule has 0 amide bonds. The summed E-state index contributed by atoms with van der Waals surface area (Å²) >= 11 is 0. The van der Waals surface area contributed by atoms with Crippen LogP contribution in [0.15, 0.2) is 30.3 Å². The van der Waals surface area contributed by atoms with Crippen molar-refractivity contribution in [2.45, 2.75) is 19.9 Å². The van der Waals surface area contributed by atoms with Gasteiger partial charge < -0.3 is 5.11 Å². The molecule has 1 rings (SSSR count). The van der Waals surface area contributed by atoms with Crippen molar-refractivity contribution in [3.63, 3.8) is 0 Å². The van der Waals surface area contributed by atoms with Crippen molar-refractivity contribution in [2.75, 3.05) is 13.6 Å². The summed E-state index contributed by atoms with van der Waals surface area (Å²) in [4.78, 5) is 12.6. The van der Waals surface area contributed by atoms with Crippen LogP contribution in [0, 0.1) is 5.92 Å². The van der Waals surface area contributed by atoms with Crippen molar-refractivity contribution >= 4 is 5.97 Å². The molecule has 16 heavy (non-hydrogen) atoms. The molecule has 0 unspecified atom stereocenters. The quantitative estimate of drug-likeness (QED) is 0.830. The van der Waals surface area contributed by atoms with Gasteiger partial charge in [0.15, 0.2) is 0 Å². The Morgan fingerprint density at radius 3 is 2.31 bits per heavy atom. The van der Waals surface area contributed by atoms with Crippen LogP contribution in [-0.4, -0.2) is 29.6 Å². The maximum Gasteiger partial charge on any atom is 0.317 e. The van der Waals surface area contributed by atoms with Crippen molar-refractivity contribution in [1.29, 1.82) is 0 Å². The third-order valence-electron chi connectivity index (χ3n) is 2.63. The minimum absolute atomic E-state index is 0.0672. The molecule has 0 aliphatic rings. The van der Waals surface area contributed by atoms with E-state index < -0.39 is 5.97 Å². The summed E-state index contributed by atoms with van der Waals surface area (Å²) in [5.74, 6) is -0.407. The number of hydrogen-bond acceptors (Lipinski definition) is 2. The summed E-state index contributed by atoms with van der Waals surface area (Å²) < 4.78 is 0. The lowest BCUT2D eigenvalue weighted by atomic mass is 9.95. The maximum atomic E-state index is 10.7. The molecule has 1 atom stereocenters. The number of hydrogen-bond donors (Lipinski definition) is 1. The number of likely N-dealkylation sites (N-methyl/N-ethyl adjacent to an activating group) is 1. The molecule has 1 N–H and O–H groups in total. The Kier molecular flexibility index (Phi) is 4.50. The van der Waals surface area contributed by atoms with Crippen molar-refractivity contribution in [3.05, 3.63) is 35.9 Å². The molecule has 0 aromatic heterocycles. The highest BCUT2D eigenvalue weighted by atomic mass is 16.4. The standard InChI is InChI=1S/C13H19NO2/c1-10(2)13(14(3)9-12(15)16)11-7-5-4-6-8-11/h4-8,10,13H,9H2,1-3H3,(H,15,16)/t13-/m1/s1. The molecular weight excluding hydrogens is 202 g/mol. The summed E-state index contributed by atoms with van der Waals surface area (Å²) in [5, 5.41) is 8.82. The molecule has 0 aliphatic heterocycles. The predicted molar refractivity (Wildman–Crippen MR) is 64.3 cm³/mol. The largest absolute Gasteiger partial charge is 0.480 e. The van der Waals surface area contributed by atoms with Gasteiger partial charge in [0, 0.05) is 6.04 Å². The average molecular weight is 221 g/mol. The maximum absolute atomic E-state index is 10.7. The van der Waals surface area contributed by atoms with Crippen LogP contribution in [0.2, 0.25) is 0 Å². The highest BCUT2D eigenvalue weighted by molar-refractivity contribution is 5.69. The minimum atomic E-state index is -0.788. The predicted octanol–water partition coefficient (Wildman–Crippen LogP) is 2.40. The van der Waals surface area contributed by atoms with Crippen LogP contribution in [0.1, 0.15) is 25.5 Å². The monoisotopic (exact) mass is 221 g/mol. The van der Waals surface area contributed by atoms with E-state index in [2.05, 4.69) is 13.8 Å². The molecule has 0 saturated carbocycles. The molecule has 0 saturated heterocycles. The summed E-state index contributed by atoms with van der Waals surface area (Å²) in [6.07, 6.45) is 0. The van der Waals surface area contributed by atoms with Gasteiger partial charge in [0.2, 0.25) is 0 Å². The summed E-state index contributed by atoms with van der Waals surface area (Å²) in [5.41, 5.74) is 1.17. The Morgan fingerprint density at radius 1 is 1.31 bits per heavy atom. The second-order valence-electron chi connectivity index (χ2n) is 4.41. The van der Waals surface area contributed by atoms with Gasteiger partial charge in [0.05, 0.1) is 6.54 Å². The van der Waals surface area contributed by atoms with Gasteiger partial charge in [-0.3, -0.25) is 9.69 Å². The van der Waals surface area contributed by atoms with E-state index in [0.717, 1.165) is 0 Å². The zero-order chi connectivity index (χ0) is 12.1. The van der Waals surface area contributed by atoms with Crippen LogP contribution in [0.4, 0.5) is 0 Å². The van der Waals surface area contributed by atoms with E-state index in [-0.39, 0.29) is 12.6 Å². The molecular formula is C13H19NO2. The highest BCUT2D eigenvalue weighted by Gasteiger charge is 2.21. The number of benzene rings is 1. The van der Waals surface area contributed by atoms with E-state index in [1.165, 1.54) is 5.56 Å². The van der Waals surface area contributed by atoms with Gasteiger partial charge in [-0.05, 0) is 18.5 Å². The van der Waals surface area contributed by atoms with Crippen molar-refractivity contribution in [3.8, 4) is 0 Å². The zero-order valence-electron chi connectivity index (χ0n) is 10.1. The molecule has 0 heterocycles.